The van der Waals surface area contributed by atoms with Crippen LogP contribution in [0, 0.1) is 0 Å². The van der Waals surface area contributed by atoms with Crippen molar-refractivity contribution in [2.45, 2.75) is 51.9 Å². The molecule has 9 heteroatoms. The van der Waals surface area contributed by atoms with Crippen LogP contribution in [-0.2, 0) is 16.1 Å². The Hall–Kier alpha value is -3.00. The summed E-state index contributed by atoms with van der Waals surface area (Å²) >= 11 is 5.98. The summed E-state index contributed by atoms with van der Waals surface area (Å²) < 4.78 is 22.1. The molecule has 178 valence electrons. The van der Waals surface area contributed by atoms with Crippen LogP contribution in [0.2, 0.25) is 5.02 Å². The second-order valence-corrected chi connectivity index (χ2v) is 9.12. The van der Waals surface area contributed by atoms with E-state index in [0.717, 1.165) is 0 Å². The Morgan fingerprint density at radius 2 is 1.88 bits per heavy atom. The lowest BCUT2D eigenvalue weighted by Crippen LogP contribution is -2.44. The zero-order valence-corrected chi connectivity index (χ0v) is 20.1. The first-order chi connectivity index (χ1) is 15.6. The van der Waals surface area contributed by atoms with E-state index >= 15 is 0 Å². The number of ether oxygens (including phenoxy) is 4. The Morgan fingerprint density at radius 3 is 2.55 bits per heavy atom. The molecule has 0 radical (unpaired) electrons. The highest BCUT2D eigenvalue weighted by Crippen LogP contribution is 2.25. The number of aromatic nitrogens is 1. The molecule has 33 heavy (non-hydrogen) atoms. The first-order valence-corrected chi connectivity index (χ1v) is 11.1. The average Bonchev–Trinajstić information content (AvgIpc) is 2.77. The van der Waals surface area contributed by atoms with Crippen LogP contribution < -0.4 is 9.47 Å². The number of nitrogens with zero attached hydrogens (tertiary/aromatic N) is 2. The van der Waals surface area contributed by atoms with Crippen LogP contribution >= 0.6 is 11.6 Å². The van der Waals surface area contributed by atoms with Gasteiger partial charge in [0.2, 0.25) is 0 Å². The fraction of sp³-hybridized carbons (Fsp3) is 0.458. The third-order valence-electron chi connectivity index (χ3n) is 4.91. The molecular weight excluding hydrogens is 448 g/mol. The lowest BCUT2D eigenvalue weighted by Gasteiger charge is -2.33. The maximum absolute atomic E-state index is 12.2. The van der Waals surface area contributed by atoms with Gasteiger partial charge in [-0.2, -0.15) is 0 Å². The molecule has 0 N–H and O–H groups in total. The number of amides is 1. The quantitative estimate of drug-likeness (QED) is 0.549. The number of pyridine rings is 1. The molecule has 1 aliphatic heterocycles. The van der Waals surface area contributed by atoms with Crippen LogP contribution in [0.5, 0.6) is 11.5 Å². The first-order valence-electron chi connectivity index (χ1n) is 10.7. The molecule has 1 aromatic heterocycles. The average molecular weight is 477 g/mol. The van der Waals surface area contributed by atoms with Crippen molar-refractivity contribution in [3.8, 4) is 11.5 Å². The SMILES string of the molecule is COC(=O)c1cc(Cl)ccc1OCc1cc(OC2CCN(C(=O)OC(C)(C)C)CC2)ccn1. The number of piperidine rings is 1. The van der Waals surface area contributed by atoms with E-state index in [9.17, 15) is 9.59 Å². The van der Waals surface area contributed by atoms with E-state index in [-0.39, 0.29) is 24.4 Å². The van der Waals surface area contributed by atoms with Crippen molar-refractivity contribution < 1.29 is 28.5 Å². The zero-order valence-electron chi connectivity index (χ0n) is 19.3. The van der Waals surface area contributed by atoms with Crippen LogP contribution in [0.3, 0.4) is 0 Å². The van der Waals surface area contributed by atoms with Gasteiger partial charge in [0.25, 0.3) is 0 Å². The number of benzene rings is 1. The Labute approximate surface area is 198 Å². The van der Waals surface area contributed by atoms with Gasteiger partial charge < -0.3 is 23.8 Å². The van der Waals surface area contributed by atoms with E-state index in [1.54, 1.807) is 35.4 Å². The number of hydrogen-bond donors (Lipinski definition) is 0. The van der Waals surface area contributed by atoms with Gasteiger partial charge in [-0.3, -0.25) is 4.98 Å². The molecule has 0 atom stereocenters. The fourth-order valence-corrected chi connectivity index (χ4v) is 3.50. The van der Waals surface area contributed by atoms with Crippen LogP contribution in [0.15, 0.2) is 36.5 Å². The van der Waals surface area contributed by atoms with Crippen LogP contribution in [0.1, 0.15) is 49.7 Å². The van der Waals surface area contributed by atoms with E-state index in [0.29, 0.717) is 48.1 Å². The lowest BCUT2D eigenvalue weighted by molar-refractivity contribution is 0.0126. The minimum Gasteiger partial charge on any atom is -0.490 e. The number of carbonyl (C=O) groups excluding carboxylic acids is 2. The molecule has 0 saturated carbocycles. The molecule has 0 aliphatic carbocycles. The van der Waals surface area contributed by atoms with Crippen molar-refractivity contribution >= 4 is 23.7 Å². The van der Waals surface area contributed by atoms with Gasteiger partial charge in [-0.1, -0.05) is 11.6 Å². The minimum absolute atomic E-state index is 0.0120. The summed E-state index contributed by atoms with van der Waals surface area (Å²) in [5.74, 6) is 0.493. The molecule has 1 fully saturated rings. The summed E-state index contributed by atoms with van der Waals surface area (Å²) in [5.41, 5.74) is 0.377. The highest BCUT2D eigenvalue weighted by Gasteiger charge is 2.27. The Balaban J connectivity index is 1.55. The maximum atomic E-state index is 12.2. The van der Waals surface area contributed by atoms with E-state index in [2.05, 4.69) is 4.98 Å². The Bertz CT molecular complexity index is 983. The van der Waals surface area contributed by atoms with E-state index in [1.807, 2.05) is 20.8 Å². The number of carbonyl (C=O) groups is 2. The molecule has 0 bridgehead atoms. The summed E-state index contributed by atoms with van der Waals surface area (Å²) in [6.45, 7) is 6.86. The fourth-order valence-electron chi connectivity index (χ4n) is 3.33. The summed E-state index contributed by atoms with van der Waals surface area (Å²) in [6.07, 6.45) is 2.76. The summed E-state index contributed by atoms with van der Waals surface area (Å²) in [4.78, 5) is 30.2. The summed E-state index contributed by atoms with van der Waals surface area (Å²) in [5, 5.41) is 0.411. The van der Waals surface area contributed by atoms with E-state index in [1.165, 1.54) is 13.2 Å². The van der Waals surface area contributed by atoms with Gasteiger partial charge in [0.1, 0.15) is 35.4 Å². The minimum atomic E-state index is -0.532. The zero-order chi connectivity index (χ0) is 24.0. The second-order valence-electron chi connectivity index (χ2n) is 8.69. The molecular formula is C24H29ClN2O6. The Kier molecular flexibility index (Phi) is 8.02. The number of hydrogen-bond acceptors (Lipinski definition) is 7. The second kappa shape index (κ2) is 10.7. The monoisotopic (exact) mass is 476 g/mol. The van der Waals surface area contributed by atoms with E-state index in [4.69, 9.17) is 30.5 Å². The molecule has 1 saturated heterocycles. The molecule has 3 rings (SSSR count). The normalized spacial score (nSPS) is 14.5. The molecule has 1 aliphatic rings. The van der Waals surface area contributed by atoms with Crippen molar-refractivity contribution in [3.05, 3.63) is 52.8 Å². The smallest absolute Gasteiger partial charge is 0.410 e. The molecule has 0 unspecified atom stereocenters. The molecule has 8 nitrogen and oxygen atoms in total. The first kappa shape index (κ1) is 24.6. The third-order valence-corrected chi connectivity index (χ3v) is 5.14. The van der Waals surface area contributed by atoms with Gasteiger partial charge in [-0.15, -0.1) is 0 Å². The third kappa shape index (κ3) is 7.25. The topological polar surface area (TPSA) is 87.2 Å². The standard InChI is InChI=1S/C24H29ClN2O6/c1-24(2,3)33-23(29)27-11-8-18(9-12-27)32-19-7-10-26-17(14-19)15-31-21-6-5-16(25)13-20(21)22(28)30-4/h5-7,10,13-14,18H,8-9,11-12,15H2,1-4H3. The van der Waals surface area contributed by atoms with Crippen LogP contribution in [-0.4, -0.2) is 53.9 Å². The van der Waals surface area contributed by atoms with Gasteiger partial charge in [0.15, 0.2) is 0 Å². The number of rotatable bonds is 6. The van der Waals surface area contributed by atoms with E-state index < -0.39 is 11.6 Å². The van der Waals surface area contributed by atoms with Gasteiger partial charge in [-0.05, 0) is 45.0 Å². The number of halogens is 1. The highest BCUT2D eigenvalue weighted by atomic mass is 35.5. The number of likely N-dealkylation sites (tertiary alicyclic amines) is 1. The van der Waals surface area contributed by atoms with Gasteiger partial charge in [0, 0.05) is 43.2 Å². The van der Waals surface area contributed by atoms with Crippen molar-refractivity contribution in [2.75, 3.05) is 20.2 Å². The number of methoxy groups -OCH3 is 1. The van der Waals surface area contributed by atoms with Crippen molar-refractivity contribution in [3.63, 3.8) is 0 Å². The van der Waals surface area contributed by atoms with Crippen molar-refractivity contribution in [2.24, 2.45) is 0 Å². The molecule has 1 aromatic carbocycles. The maximum Gasteiger partial charge on any atom is 0.410 e. The van der Waals surface area contributed by atoms with Crippen molar-refractivity contribution in [1.82, 2.24) is 9.88 Å². The molecule has 2 aromatic rings. The number of esters is 1. The molecule has 1 amide bonds. The summed E-state index contributed by atoms with van der Waals surface area (Å²) in [7, 11) is 1.30. The molecule has 2 heterocycles. The van der Waals surface area contributed by atoms with Gasteiger partial charge >= 0.3 is 12.1 Å². The Morgan fingerprint density at radius 1 is 1.15 bits per heavy atom. The van der Waals surface area contributed by atoms with Crippen molar-refractivity contribution in [1.29, 1.82) is 0 Å². The van der Waals surface area contributed by atoms with Crippen LogP contribution in [0.25, 0.3) is 0 Å². The molecule has 0 spiro atoms. The predicted octanol–water partition coefficient (Wildman–Crippen LogP) is 4.88. The predicted molar refractivity (Wildman–Crippen MR) is 123 cm³/mol. The van der Waals surface area contributed by atoms with Crippen LogP contribution in [0.4, 0.5) is 4.79 Å². The summed E-state index contributed by atoms with van der Waals surface area (Å²) in [6, 6.07) is 8.34. The van der Waals surface area contributed by atoms with Gasteiger partial charge in [0.05, 0.1) is 12.8 Å². The largest absolute Gasteiger partial charge is 0.490 e. The highest BCUT2D eigenvalue weighted by molar-refractivity contribution is 6.31. The van der Waals surface area contributed by atoms with Gasteiger partial charge in [-0.25, -0.2) is 9.59 Å². The lowest BCUT2D eigenvalue weighted by atomic mass is 10.1.